The Morgan fingerprint density at radius 1 is 1.44 bits per heavy atom. The number of urea groups is 1. The molecule has 0 aromatic heterocycles. The third-order valence-corrected chi connectivity index (χ3v) is 3.02. The van der Waals surface area contributed by atoms with E-state index in [9.17, 15) is 4.79 Å². The van der Waals surface area contributed by atoms with E-state index in [1.54, 1.807) is 0 Å². The fourth-order valence-electron chi connectivity index (χ4n) is 1.95. The van der Waals surface area contributed by atoms with Gasteiger partial charge in [-0.1, -0.05) is 6.07 Å². The molecule has 1 aliphatic rings. The minimum absolute atomic E-state index is 0.0406. The Morgan fingerprint density at radius 3 is 2.94 bits per heavy atom. The molecule has 0 saturated carbocycles. The molecule has 1 saturated heterocycles. The number of nitrogens with zero attached hydrogens (tertiary/aromatic N) is 2. The van der Waals surface area contributed by atoms with Crippen molar-refractivity contribution in [2.24, 2.45) is 0 Å². The maximum atomic E-state index is 11.3. The lowest BCUT2D eigenvalue weighted by Gasteiger charge is -2.17. The number of anilines is 2. The van der Waals surface area contributed by atoms with Gasteiger partial charge in [0.2, 0.25) is 0 Å². The molecule has 0 bridgehead atoms. The molecule has 0 unspecified atom stereocenters. The topological polar surface area (TPSA) is 47.6 Å². The number of rotatable bonds is 5. The van der Waals surface area contributed by atoms with Crippen LogP contribution in [0.2, 0.25) is 0 Å². The zero-order valence-electron chi connectivity index (χ0n) is 10.9. The van der Waals surface area contributed by atoms with E-state index < -0.39 is 0 Å². The van der Waals surface area contributed by atoms with Crippen molar-refractivity contribution in [3.8, 4) is 0 Å². The average molecular weight is 248 g/mol. The van der Waals surface area contributed by atoms with Gasteiger partial charge in [-0.3, -0.25) is 0 Å². The van der Waals surface area contributed by atoms with Crippen molar-refractivity contribution in [2.45, 2.75) is 0 Å². The van der Waals surface area contributed by atoms with E-state index in [2.05, 4.69) is 27.7 Å². The Hall–Kier alpha value is -1.91. The molecule has 2 rings (SSSR count). The molecule has 2 N–H and O–H groups in total. The van der Waals surface area contributed by atoms with E-state index in [0.717, 1.165) is 31.9 Å². The Labute approximate surface area is 108 Å². The van der Waals surface area contributed by atoms with Gasteiger partial charge in [0.1, 0.15) is 0 Å². The zero-order chi connectivity index (χ0) is 13.0. The third-order valence-electron chi connectivity index (χ3n) is 3.02. The van der Waals surface area contributed by atoms with Crippen molar-refractivity contribution in [1.82, 2.24) is 10.2 Å². The number of carbonyl (C=O) groups excluding carboxylic acids is 1. The van der Waals surface area contributed by atoms with Gasteiger partial charge >= 0.3 is 6.03 Å². The summed E-state index contributed by atoms with van der Waals surface area (Å²) < 4.78 is 0. The highest BCUT2D eigenvalue weighted by molar-refractivity contribution is 5.76. The van der Waals surface area contributed by atoms with Gasteiger partial charge in [0.25, 0.3) is 0 Å². The third kappa shape index (κ3) is 3.06. The summed E-state index contributed by atoms with van der Waals surface area (Å²) in [5.41, 5.74) is 2.25. The molecule has 2 amide bonds. The van der Waals surface area contributed by atoms with Crippen LogP contribution in [-0.2, 0) is 0 Å². The summed E-state index contributed by atoms with van der Waals surface area (Å²) in [6.45, 7) is 3.07. The molecule has 0 atom stereocenters. The van der Waals surface area contributed by atoms with E-state index in [0.29, 0.717) is 0 Å². The van der Waals surface area contributed by atoms with Crippen LogP contribution >= 0.6 is 0 Å². The average Bonchev–Trinajstić information content (AvgIpc) is 2.76. The summed E-state index contributed by atoms with van der Waals surface area (Å²) in [7, 11) is 4.04. The Bertz CT molecular complexity index is 419. The summed E-state index contributed by atoms with van der Waals surface area (Å²) in [4.78, 5) is 15.2. The molecule has 0 aliphatic carbocycles. The smallest absolute Gasteiger partial charge is 0.317 e. The highest BCUT2D eigenvalue weighted by Gasteiger charge is 2.18. The fourth-order valence-corrected chi connectivity index (χ4v) is 1.95. The van der Waals surface area contributed by atoms with Crippen LogP contribution in [0.1, 0.15) is 0 Å². The molecule has 5 nitrogen and oxygen atoms in total. The Morgan fingerprint density at radius 2 is 2.28 bits per heavy atom. The van der Waals surface area contributed by atoms with Crippen LogP contribution in [0.15, 0.2) is 24.3 Å². The highest BCUT2D eigenvalue weighted by atomic mass is 16.2. The molecule has 18 heavy (non-hydrogen) atoms. The first-order valence-corrected chi connectivity index (χ1v) is 6.21. The minimum Gasteiger partial charge on any atom is -0.383 e. The summed E-state index contributed by atoms with van der Waals surface area (Å²) in [6.07, 6.45) is 0. The van der Waals surface area contributed by atoms with Crippen LogP contribution in [0.5, 0.6) is 0 Å². The first-order chi connectivity index (χ1) is 8.66. The fraction of sp³-hybridized carbons (Fsp3) is 0.462. The van der Waals surface area contributed by atoms with Crippen molar-refractivity contribution >= 4 is 17.4 Å². The normalized spacial score (nSPS) is 14.6. The summed E-state index contributed by atoms with van der Waals surface area (Å²) in [5, 5.41) is 6.13. The number of hydrogen-bond acceptors (Lipinski definition) is 3. The molecule has 0 radical (unpaired) electrons. The first kappa shape index (κ1) is 12.5. The predicted molar refractivity (Wildman–Crippen MR) is 74.2 cm³/mol. The van der Waals surface area contributed by atoms with Crippen LogP contribution in [0.3, 0.4) is 0 Å². The van der Waals surface area contributed by atoms with Crippen molar-refractivity contribution in [1.29, 1.82) is 0 Å². The Kier molecular flexibility index (Phi) is 3.92. The number of carbonyl (C=O) groups is 1. The van der Waals surface area contributed by atoms with Crippen LogP contribution in [0, 0.1) is 0 Å². The van der Waals surface area contributed by atoms with Gasteiger partial charge in [0.05, 0.1) is 0 Å². The second kappa shape index (κ2) is 5.62. The molecule has 1 heterocycles. The van der Waals surface area contributed by atoms with Crippen molar-refractivity contribution in [3.05, 3.63) is 24.3 Å². The maximum Gasteiger partial charge on any atom is 0.317 e. The molecular weight excluding hydrogens is 228 g/mol. The van der Waals surface area contributed by atoms with Gasteiger partial charge in [0.15, 0.2) is 0 Å². The number of nitrogens with one attached hydrogen (secondary N) is 2. The molecule has 1 aliphatic heterocycles. The van der Waals surface area contributed by atoms with Crippen LogP contribution < -0.4 is 15.5 Å². The minimum atomic E-state index is 0.0406. The van der Waals surface area contributed by atoms with E-state index in [-0.39, 0.29) is 6.03 Å². The summed E-state index contributed by atoms with van der Waals surface area (Å²) in [5.74, 6) is 0. The lowest BCUT2D eigenvalue weighted by Crippen LogP contribution is -2.32. The zero-order valence-corrected chi connectivity index (χ0v) is 10.9. The monoisotopic (exact) mass is 248 g/mol. The van der Waals surface area contributed by atoms with Crippen molar-refractivity contribution < 1.29 is 4.79 Å². The lowest BCUT2D eigenvalue weighted by atomic mass is 10.2. The molecule has 1 aromatic rings. The van der Waals surface area contributed by atoms with Gasteiger partial charge in [-0.25, -0.2) is 4.79 Å². The van der Waals surface area contributed by atoms with Crippen molar-refractivity contribution in [3.63, 3.8) is 0 Å². The SMILES string of the molecule is CN(C)c1cccc(NCCN2CCNC2=O)c1. The standard InChI is InChI=1S/C13H20N4O/c1-16(2)12-5-3-4-11(10-12)14-6-8-17-9-7-15-13(17)18/h3-5,10,14H,6-9H2,1-2H3,(H,15,18). The van der Waals surface area contributed by atoms with Gasteiger partial charge in [0, 0.05) is 51.6 Å². The number of hydrogen-bond donors (Lipinski definition) is 2. The van der Waals surface area contributed by atoms with Gasteiger partial charge < -0.3 is 20.4 Å². The summed E-state index contributed by atoms with van der Waals surface area (Å²) in [6, 6.07) is 8.28. The highest BCUT2D eigenvalue weighted by Crippen LogP contribution is 2.16. The van der Waals surface area contributed by atoms with Gasteiger partial charge in [-0.2, -0.15) is 0 Å². The number of amides is 2. The van der Waals surface area contributed by atoms with Gasteiger partial charge in [-0.15, -0.1) is 0 Å². The quantitative estimate of drug-likeness (QED) is 0.823. The molecule has 0 spiro atoms. The van der Waals surface area contributed by atoms with Crippen LogP contribution in [0.4, 0.5) is 16.2 Å². The predicted octanol–water partition coefficient (Wildman–Crippen LogP) is 1.19. The molecular formula is C13H20N4O. The second-order valence-electron chi connectivity index (χ2n) is 4.59. The van der Waals surface area contributed by atoms with E-state index >= 15 is 0 Å². The molecule has 1 fully saturated rings. The molecule has 5 heteroatoms. The maximum absolute atomic E-state index is 11.3. The second-order valence-corrected chi connectivity index (χ2v) is 4.59. The van der Waals surface area contributed by atoms with Crippen molar-refractivity contribution in [2.75, 3.05) is 50.5 Å². The van der Waals surface area contributed by atoms with E-state index in [4.69, 9.17) is 0 Å². The number of benzene rings is 1. The van der Waals surface area contributed by atoms with E-state index in [1.807, 2.05) is 31.1 Å². The van der Waals surface area contributed by atoms with E-state index in [1.165, 1.54) is 5.69 Å². The Balaban J connectivity index is 1.82. The largest absolute Gasteiger partial charge is 0.383 e. The summed E-state index contributed by atoms with van der Waals surface area (Å²) >= 11 is 0. The van der Waals surface area contributed by atoms with Crippen LogP contribution in [0.25, 0.3) is 0 Å². The van der Waals surface area contributed by atoms with Crippen LogP contribution in [-0.4, -0.2) is 51.2 Å². The molecule has 98 valence electrons. The van der Waals surface area contributed by atoms with Gasteiger partial charge in [-0.05, 0) is 18.2 Å². The molecule has 1 aromatic carbocycles. The lowest BCUT2D eigenvalue weighted by molar-refractivity contribution is 0.219. The first-order valence-electron chi connectivity index (χ1n) is 6.21.